The molecule has 0 amide bonds. The van der Waals surface area contributed by atoms with Crippen LogP contribution in [-0.2, 0) is 14.3 Å². The number of hydrogen-bond donors (Lipinski definition) is 1. The number of hydrogen-bond acceptors (Lipinski definition) is 7. The van der Waals surface area contributed by atoms with E-state index in [1.165, 1.54) is 11.8 Å². The number of ether oxygens (including phenoxy) is 2. The molecule has 0 saturated carbocycles. The van der Waals surface area contributed by atoms with Gasteiger partial charge in [-0.3, -0.25) is 14.4 Å². The number of esters is 2. The van der Waals surface area contributed by atoms with Crippen molar-refractivity contribution in [3.8, 4) is 11.1 Å². The molecule has 4 aromatic rings. The summed E-state index contributed by atoms with van der Waals surface area (Å²) >= 11 is 1.28. The Kier molecular flexibility index (Phi) is 6.91. The number of rotatable bonds is 8. The average molecular weight is 528 g/mol. The van der Waals surface area contributed by atoms with Crippen molar-refractivity contribution in [1.29, 1.82) is 0 Å². The van der Waals surface area contributed by atoms with Gasteiger partial charge in [0.1, 0.15) is 0 Å². The maximum absolute atomic E-state index is 13.1. The number of aromatic amines is 1. The predicted octanol–water partition coefficient (Wildman–Crippen LogP) is 5.69. The number of H-pyrrole nitrogens is 1. The Morgan fingerprint density at radius 3 is 2.29 bits per heavy atom. The molecule has 5 rings (SSSR count). The molecule has 192 valence electrons. The highest BCUT2D eigenvalue weighted by Crippen LogP contribution is 2.42. The fourth-order valence-corrected chi connectivity index (χ4v) is 5.81. The maximum Gasteiger partial charge on any atom is 0.340 e. The van der Waals surface area contributed by atoms with Crippen molar-refractivity contribution in [2.24, 2.45) is 0 Å². The molecule has 3 aromatic carbocycles. The molecule has 1 heterocycles. The molecule has 1 aliphatic rings. The number of carbonyl (C=O) groups excluding carboxylic acids is 4. The van der Waals surface area contributed by atoms with Gasteiger partial charge in [0.15, 0.2) is 12.4 Å². The number of ketones is 2. The van der Waals surface area contributed by atoms with Gasteiger partial charge in [0, 0.05) is 32.8 Å². The van der Waals surface area contributed by atoms with Crippen LogP contribution in [-0.4, -0.2) is 47.5 Å². The molecular weight excluding hydrogens is 502 g/mol. The van der Waals surface area contributed by atoms with E-state index in [0.29, 0.717) is 22.5 Å². The van der Waals surface area contributed by atoms with Crippen molar-refractivity contribution < 1.29 is 28.7 Å². The van der Waals surface area contributed by atoms with Gasteiger partial charge < -0.3 is 14.5 Å². The highest BCUT2D eigenvalue weighted by molar-refractivity contribution is 8.00. The first-order chi connectivity index (χ1) is 18.3. The van der Waals surface area contributed by atoms with Crippen LogP contribution in [0.2, 0.25) is 0 Å². The number of fused-ring (bicyclic) bond motifs is 2. The van der Waals surface area contributed by atoms with Crippen molar-refractivity contribution >= 4 is 46.0 Å². The summed E-state index contributed by atoms with van der Waals surface area (Å²) in [7, 11) is 0. The van der Waals surface area contributed by atoms with Crippen molar-refractivity contribution in [3.63, 3.8) is 0 Å². The molecule has 1 aromatic heterocycles. The van der Waals surface area contributed by atoms with Gasteiger partial charge in [-0.2, -0.15) is 0 Å². The van der Waals surface area contributed by atoms with Gasteiger partial charge in [0.05, 0.1) is 23.5 Å². The van der Waals surface area contributed by atoms with Crippen LogP contribution in [0.25, 0.3) is 21.9 Å². The van der Waals surface area contributed by atoms with Crippen LogP contribution in [0.1, 0.15) is 54.9 Å². The molecule has 0 fully saturated rings. The van der Waals surface area contributed by atoms with E-state index < -0.39 is 24.3 Å². The SMILES string of the molecule is CCOC(=O)c1c(C)[nH]c(C)c1C(=O)COC(=O)CSc1ccc2c3c(cccc13)C(=O)c1ccccc1-2. The van der Waals surface area contributed by atoms with E-state index in [-0.39, 0.29) is 29.3 Å². The fraction of sp³-hybridized carbons (Fsp3) is 0.200. The summed E-state index contributed by atoms with van der Waals surface area (Å²) in [6.45, 7) is 4.75. The number of nitrogens with one attached hydrogen (secondary N) is 1. The molecular formula is C30H25NO6S. The molecule has 0 radical (unpaired) electrons. The Bertz CT molecular complexity index is 1630. The van der Waals surface area contributed by atoms with Gasteiger partial charge in [-0.05, 0) is 43.4 Å². The van der Waals surface area contributed by atoms with Gasteiger partial charge in [-0.1, -0.05) is 48.5 Å². The second-order valence-corrected chi connectivity index (χ2v) is 9.95. The third-order valence-corrected chi connectivity index (χ3v) is 7.60. The van der Waals surface area contributed by atoms with E-state index in [1.54, 1.807) is 20.8 Å². The first kappa shape index (κ1) is 25.5. The molecule has 1 aliphatic carbocycles. The highest BCUT2D eigenvalue weighted by atomic mass is 32.2. The fourth-order valence-electron chi connectivity index (χ4n) is 4.97. The molecule has 1 N–H and O–H groups in total. The standard InChI is InChI=1S/C30H25NO6S/c1-4-36-30(35)27-17(3)31-16(2)26(27)23(32)14-37-25(33)15-38-24-13-12-19-18-8-5-6-9-20(18)29(34)22-11-7-10-21(24)28(19)22/h5-13,31H,4,14-15H2,1-3H3. The highest BCUT2D eigenvalue weighted by Gasteiger charge is 2.27. The van der Waals surface area contributed by atoms with Crippen molar-refractivity contribution in [2.45, 2.75) is 25.7 Å². The minimum atomic E-state index is -0.594. The van der Waals surface area contributed by atoms with E-state index in [4.69, 9.17) is 9.47 Å². The summed E-state index contributed by atoms with van der Waals surface area (Å²) in [5.74, 6) is -1.67. The van der Waals surface area contributed by atoms with Crippen LogP contribution in [0.3, 0.4) is 0 Å². The normalized spacial score (nSPS) is 11.8. The topological polar surface area (TPSA) is 103 Å². The van der Waals surface area contributed by atoms with Crippen molar-refractivity contribution in [3.05, 3.63) is 88.2 Å². The third-order valence-electron chi connectivity index (χ3n) is 6.55. The minimum Gasteiger partial charge on any atom is -0.462 e. The lowest BCUT2D eigenvalue weighted by molar-refractivity contribution is -0.139. The lowest BCUT2D eigenvalue weighted by Gasteiger charge is -2.21. The van der Waals surface area contributed by atoms with E-state index >= 15 is 0 Å². The largest absolute Gasteiger partial charge is 0.462 e. The molecule has 0 bridgehead atoms. The molecule has 0 unspecified atom stereocenters. The molecule has 0 atom stereocenters. The number of Topliss-reactive ketones (excluding diaryl/α,β-unsaturated/α-hetero) is 1. The zero-order valence-corrected chi connectivity index (χ0v) is 22.0. The molecule has 0 aliphatic heterocycles. The average Bonchev–Trinajstić information content (AvgIpc) is 3.22. The van der Waals surface area contributed by atoms with Crippen LogP contribution in [0.15, 0.2) is 59.5 Å². The van der Waals surface area contributed by atoms with Crippen molar-refractivity contribution in [1.82, 2.24) is 4.98 Å². The van der Waals surface area contributed by atoms with Gasteiger partial charge in [0.2, 0.25) is 5.78 Å². The van der Waals surface area contributed by atoms with E-state index in [9.17, 15) is 19.2 Å². The zero-order valence-electron chi connectivity index (χ0n) is 21.2. The number of benzene rings is 3. The number of aromatic nitrogens is 1. The lowest BCUT2D eigenvalue weighted by Crippen LogP contribution is -2.19. The predicted molar refractivity (Wildman–Crippen MR) is 145 cm³/mol. The summed E-state index contributed by atoms with van der Waals surface area (Å²) in [6, 6.07) is 17.1. The summed E-state index contributed by atoms with van der Waals surface area (Å²) in [6.07, 6.45) is 0. The van der Waals surface area contributed by atoms with Crippen LogP contribution < -0.4 is 0 Å². The number of aryl methyl sites for hydroxylation is 2. The Morgan fingerprint density at radius 2 is 1.53 bits per heavy atom. The molecule has 0 saturated heterocycles. The first-order valence-electron chi connectivity index (χ1n) is 12.2. The smallest absolute Gasteiger partial charge is 0.340 e. The Hall–Kier alpha value is -4.17. The van der Waals surface area contributed by atoms with E-state index in [0.717, 1.165) is 26.8 Å². The minimum absolute atomic E-state index is 0.0174. The summed E-state index contributed by atoms with van der Waals surface area (Å²) in [5.41, 5.74) is 4.58. The molecule has 8 heteroatoms. The number of thioether (sulfide) groups is 1. The lowest BCUT2D eigenvalue weighted by atomic mass is 9.83. The van der Waals surface area contributed by atoms with Crippen LogP contribution in [0, 0.1) is 13.8 Å². The van der Waals surface area contributed by atoms with Crippen LogP contribution in [0.5, 0.6) is 0 Å². The van der Waals surface area contributed by atoms with Gasteiger partial charge in [-0.15, -0.1) is 11.8 Å². The van der Waals surface area contributed by atoms with E-state index in [1.807, 2.05) is 54.6 Å². The first-order valence-corrected chi connectivity index (χ1v) is 13.2. The summed E-state index contributed by atoms with van der Waals surface area (Å²) < 4.78 is 10.3. The molecule has 0 spiro atoms. The Balaban J connectivity index is 1.31. The zero-order chi connectivity index (χ0) is 27.0. The van der Waals surface area contributed by atoms with Gasteiger partial charge in [-0.25, -0.2) is 4.79 Å². The summed E-state index contributed by atoms with van der Waals surface area (Å²) in [5, 5.41) is 1.75. The monoisotopic (exact) mass is 527 g/mol. The summed E-state index contributed by atoms with van der Waals surface area (Å²) in [4.78, 5) is 54.7. The maximum atomic E-state index is 13.1. The third kappa shape index (κ3) is 4.41. The second kappa shape index (κ2) is 10.3. The van der Waals surface area contributed by atoms with Crippen LogP contribution >= 0.6 is 11.8 Å². The van der Waals surface area contributed by atoms with E-state index in [2.05, 4.69) is 4.98 Å². The Morgan fingerprint density at radius 1 is 0.816 bits per heavy atom. The Labute approximate surface area is 223 Å². The molecule has 38 heavy (non-hydrogen) atoms. The van der Waals surface area contributed by atoms with Gasteiger partial charge in [0.25, 0.3) is 0 Å². The van der Waals surface area contributed by atoms with Crippen LogP contribution in [0.4, 0.5) is 0 Å². The van der Waals surface area contributed by atoms with Crippen molar-refractivity contribution in [2.75, 3.05) is 19.0 Å². The van der Waals surface area contributed by atoms with Gasteiger partial charge >= 0.3 is 11.9 Å². The quantitative estimate of drug-likeness (QED) is 0.157. The number of carbonyl (C=O) groups is 4. The molecule has 7 nitrogen and oxygen atoms in total. The second-order valence-electron chi connectivity index (χ2n) is 8.93.